The third kappa shape index (κ3) is 9.40. The minimum Gasteiger partial charge on any atom is -0.464 e. The monoisotopic (exact) mass is 841 g/mol. The number of carbonyl (C=O) groups is 5. The van der Waals surface area contributed by atoms with Gasteiger partial charge in [-0.25, -0.2) is 22.4 Å². The Morgan fingerprint density at radius 1 is 1.08 bits per heavy atom. The van der Waals surface area contributed by atoms with E-state index < -0.39 is 109 Å². The predicted molar refractivity (Wildman–Crippen MR) is 206 cm³/mol. The van der Waals surface area contributed by atoms with Crippen molar-refractivity contribution in [1.29, 1.82) is 0 Å². The zero-order valence-electron chi connectivity index (χ0n) is 33.2. The lowest BCUT2D eigenvalue weighted by molar-refractivity contribution is -0.387. The lowest BCUT2D eigenvalue weighted by atomic mass is 10.1. The van der Waals surface area contributed by atoms with Gasteiger partial charge in [0.25, 0.3) is 5.69 Å². The van der Waals surface area contributed by atoms with E-state index in [1.807, 2.05) is 0 Å². The summed E-state index contributed by atoms with van der Waals surface area (Å²) in [6.07, 6.45) is 1.18. The van der Waals surface area contributed by atoms with Crippen LogP contribution in [0.5, 0.6) is 0 Å². The zero-order chi connectivity index (χ0) is 42.9. The molecule has 19 heteroatoms. The first-order chi connectivity index (χ1) is 27.8. The minimum absolute atomic E-state index is 0.00431. The van der Waals surface area contributed by atoms with Crippen molar-refractivity contribution in [2.75, 3.05) is 26.2 Å². The molecule has 1 saturated carbocycles. The van der Waals surface area contributed by atoms with Crippen LogP contribution in [0.25, 0.3) is 0 Å². The maximum Gasteiger partial charge on any atom is 0.408 e. The molecule has 59 heavy (non-hydrogen) atoms. The number of halogens is 1. The fraction of sp³-hybridized carbons (Fsp3) is 0.525. The van der Waals surface area contributed by atoms with Crippen LogP contribution in [-0.4, -0.2) is 108 Å². The van der Waals surface area contributed by atoms with E-state index in [1.54, 1.807) is 52.0 Å². The number of hydrogen-bond donors (Lipinski definition) is 2. The Morgan fingerprint density at radius 3 is 2.53 bits per heavy atom. The molecule has 0 aromatic heterocycles. The highest BCUT2D eigenvalue weighted by Gasteiger charge is 2.62. The second-order valence-electron chi connectivity index (χ2n) is 16.1. The average molecular weight is 842 g/mol. The number of nitro groups is 1. The van der Waals surface area contributed by atoms with E-state index in [9.17, 15) is 46.9 Å². The molecular formula is C40H48FN5O12S. The van der Waals surface area contributed by atoms with Gasteiger partial charge >= 0.3 is 18.0 Å². The summed E-state index contributed by atoms with van der Waals surface area (Å²) in [6.45, 7) is 5.44. The summed E-state index contributed by atoms with van der Waals surface area (Å²) in [5.41, 5.74) is -2.10. The maximum atomic E-state index is 14.7. The Balaban J connectivity index is 1.35. The second-order valence-corrected chi connectivity index (χ2v) is 18.0. The summed E-state index contributed by atoms with van der Waals surface area (Å²) >= 11 is 0. The zero-order valence-corrected chi connectivity index (χ0v) is 34.0. The van der Waals surface area contributed by atoms with Crippen molar-refractivity contribution in [1.82, 2.24) is 19.8 Å². The molecular weight excluding hydrogens is 794 g/mol. The molecule has 2 aromatic rings. The molecule has 2 aliphatic carbocycles. The first kappa shape index (κ1) is 43.2. The van der Waals surface area contributed by atoms with Crippen LogP contribution < -0.4 is 10.6 Å². The Morgan fingerprint density at radius 2 is 1.83 bits per heavy atom. The summed E-state index contributed by atoms with van der Waals surface area (Å²) in [6, 6.07) is 6.56. The Labute approximate surface area is 340 Å². The average Bonchev–Trinajstić information content (AvgIpc) is 3.45. The van der Waals surface area contributed by atoms with E-state index in [0.717, 1.165) is 21.3 Å². The highest BCUT2D eigenvalue weighted by Crippen LogP contribution is 2.46. The summed E-state index contributed by atoms with van der Waals surface area (Å²) in [7, 11) is -4.60. The van der Waals surface area contributed by atoms with Crippen molar-refractivity contribution < 1.29 is 55.9 Å². The van der Waals surface area contributed by atoms with Gasteiger partial charge in [-0.2, -0.15) is 4.31 Å². The quantitative estimate of drug-likeness (QED) is 0.129. The molecule has 0 radical (unpaired) electrons. The van der Waals surface area contributed by atoms with Crippen LogP contribution in [0.1, 0.15) is 64.5 Å². The number of amides is 3. The third-order valence-corrected chi connectivity index (χ3v) is 12.8. The van der Waals surface area contributed by atoms with Gasteiger partial charge in [0.15, 0.2) is 4.90 Å². The Kier molecular flexibility index (Phi) is 12.5. The van der Waals surface area contributed by atoms with Crippen LogP contribution in [0.15, 0.2) is 59.5 Å². The fourth-order valence-corrected chi connectivity index (χ4v) is 9.53. The van der Waals surface area contributed by atoms with Crippen LogP contribution in [0, 0.1) is 27.8 Å². The predicted octanol–water partition coefficient (Wildman–Crippen LogP) is 3.33. The minimum atomic E-state index is -4.60. The number of ether oxygens (including phenoxy) is 3. The lowest BCUT2D eigenvalue weighted by Crippen LogP contribution is -2.57. The van der Waals surface area contributed by atoms with Gasteiger partial charge in [0, 0.05) is 31.5 Å². The van der Waals surface area contributed by atoms with Crippen LogP contribution in [0.2, 0.25) is 0 Å². The molecule has 6 atom stereocenters. The van der Waals surface area contributed by atoms with E-state index in [1.165, 1.54) is 18.2 Å². The smallest absolute Gasteiger partial charge is 0.408 e. The number of carbonyl (C=O) groups excluding carboxylic acids is 5. The van der Waals surface area contributed by atoms with Crippen molar-refractivity contribution in [2.24, 2.45) is 11.8 Å². The highest BCUT2D eigenvalue weighted by atomic mass is 32.2. The van der Waals surface area contributed by atoms with Crippen molar-refractivity contribution in [3.8, 4) is 0 Å². The van der Waals surface area contributed by atoms with Crippen LogP contribution in [0.4, 0.5) is 14.9 Å². The summed E-state index contributed by atoms with van der Waals surface area (Å²) in [5, 5.41) is 17.2. The lowest BCUT2D eigenvalue weighted by Gasteiger charge is -2.31. The Hall–Kier alpha value is -5.43. The van der Waals surface area contributed by atoms with Gasteiger partial charge in [-0.3, -0.25) is 24.5 Å². The fourth-order valence-electron chi connectivity index (χ4n) is 7.90. The summed E-state index contributed by atoms with van der Waals surface area (Å²) in [5.74, 6) is -4.69. The van der Waals surface area contributed by atoms with Gasteiger partial charge in [0.2, 0.25) is 21.8 Å². The summed E-state index contributed by atoms with van der Waals surface area (Å²) in [4.78, 5) is 80.8. The number of alkyl carbamates (subject to hydrolysis) is 1. The van der Waals surface area contributed by atoms with Crippen molar-refractivity contribution in [3.05, 3.63) is 81.7 Å². The van der Waals surface area contributed by atoms with E-state index >= 15 is 0 Å². The topological polar surface area (TPSA) is 221 Å². The van der Waals surface area contributed by atoms with Crippen LogP contribution in [0.3, 0.4) is 0 Å². The highest BCUT2D eigenvalue weighted by molar-refractivity contribution is 7.89. The molecule has 2 heterocycles. The van der Waals surface area contributed by atoms with Gasteiger partial charge in [0.1, 0.15) is 35.1 Å². The number of hydrogen-bond acceptors (Lipinski definition) is 12. The molecule has 1 saturated heterocycles. The van der Waals surface area contributed by atoms with Crippen molar-refractivity contribution >= 4 is 45.6 Å². The number of para-hydroxylation sites is 1. The second kappa shape index (κ2) is 17.0. The van der Waals surface area contributed by atoms with E-state index in [0.29, 0.717) is 11.1 Å². The SMILES string of the molecule is CCOC(=O)[C@@]12C[C@H]1C=CCCN(S(=O)(=O)c1ccccc1[N+](=O)[O-])CC[C@H](NC(=O)OC(C)(C)C)C(=O)N1C[C@H](OC(=O)C3Cc4cccc(F)c4C3)C[C@H]1C(=O)N2. The van der Waals surface area contributed by atoms with Crippen LogP contribution >= 0.6 is 0 Å². The Bertz CT molecular complexity index is 2160. The number of esters is 2. The molecule has 4 aliphatic rings. The first-order valence-corrected chi connectivity index (χ1v) is 20.9. The number of sulfonamides is 1. The largest absolute Gasteiger partial charge is 0.464 e. The molecule has 17 nitrogen and oxygen atoms in total. The molecule has 2 N–H and O–H groups in total. The maximum absolute atomic E-state index is 14.7. The molecule has 3 amide bonds. The van der Waals surface area contributed by atoms with E-state index in [-0.39, 0.29) is 58.2 Å². The number of nitrogens with one attached hydrogen (secondary N) is 2. The third-order valence-electron chi connectivity index (χ3n) is 10.8. The molecule has 2 aliphatic heterocycles. The molecule has 1 unspecified atom stereocenters. The standard InChI is InChI=1S/C40H48FN5O12S/c1-5-56-37(50)40-22-26(40)12-8-9-17-44(59(54,55)33-15-7-6-14-31(33)46(52)53)18-16-30(42-38(51)58-39(2,3)4)35(48)45-23-27(21-32(45)34(47)43-40)57-36(49)25-19-24-11-10-13-29(41)28(24)20-25/h6-8,10-15,25-27,30,32H,5,9,16-23H2,1-4H3,(H,42,51)(H,43,47)/t25?,26-,27-,30+,32+,40-/m1/s1. The van der Waals surface area contributed by atoms with Gasteiger partial charge < -0.3 is 29.7 Å². The van der Waals surface area contributed by atoms with E-state index in [2.05, 4.69) is 10.6 Å². The number of fused-ring (bicyclic) bond motifs is 3. The molecule has 6 rings (SSSR count). The number of nitro benzene ring substituents is 1. The molecule has 2 aromatic carbocycles. The molecule has 318 valence electrons. The first-order valence-electron chi connectivity index (χ1n) is 19.5. The number of benzene rings is 2. The molecule has 0 bridgehead atoms. The van der Waals surface area contributed by atoms with Crippen LogP contribution in [-0.2, 0) is 56.3 Å². The molecule has 0 spiro atoms. The normalized spacial score (nSPS) is 26.3. The number of nitrogens with zero attached hydrogens (tertiary/aromatic N) is 3. The van der Waals surface area contributed by atoms with Gasteiger partial charge in [-0.05, 0) is 83.1 Å². The van der Waals surface area contributed by atoms with Crippen molar-refractivity contribution in [2.45, 2.75) is 100 Å². The van der Waals surface area contributed by atoms with Gasteiger partial charge in [-0.15, -0.1) is 0 Å². The van der Waals surface area contributed by atoms with Gasteiger partial charge in [0.05, 0.1) is 24.0 Å². The van der Waals surface area contributed by atoms with Crippen molar-refractivity contribution in [3.63, 3.8) is 0 Å². The number of rotatable bonds is 8. The van der Waals surface area contributed by atoms with Gasteiger partial charge in [-0.1, -0.05) is 36.4 Å². The molecule has 2 fully saturated rings. The van der Waals surface area contributed by atoms with E-state index in [4.69, 9.17) is 14.2 Å². The summed E-state index contributed by atoms with van der Waals surface area (Å²) < 4.78 is 60.5.